The predicted molar refractivity (Wildman–Crippen MR) is 321 cm³/mol. The van der Waals surface area contributed by atoms with Gasteiger partial charge in [-0.1, -0.05) is 188 Å². The Morgan fingerprint density at radius 1 is 0.687 bits per heavy atom. The lowest BCUT2D eigenvalue weighted by atomic mass is 9.77. The van der Waals surface area contributed by atoms with Gasteiger partial charge in [0, 0.05) is 12.3 Å². The summed E-state index contributed by atoms with van der Waals surface area (Å²) in [6.07, 6.45) is -1.16. The normalized spacial score (nSPS) is 18.1. The second-order valence-corrected chi connectivity index (χ2v) is 23.9. The molecular weight excluding hydrogens is 1090 g/mol. The Morgan fingerprint density at radius 2 is 1.18 bits per heavy atom. The van der Waals surface area contributed by atoms with E-state index in [1.807, 2.05) is 214 Å². The first-order valence-corrected chi connectivity index (χ1v) is 29.8. The van der Waals surface area contributed by atoms with Crippen LogP contribution >= 0.6 is 19.5 Å². The Balaban J connectivity index is 0.854. The number of imidazole rings is 1. The van der Waals surface area contributed by atoms with E-state index in [0.29, 0.717) is 22.8 Å². The first-order valence-electron chi connectivity index (χ1n) is 27.2. The van der Waals surface area contributed by atoms with Gasteiger partial charge in [0.05, 0.1) is 45.8 Å². The van der Waals surface area contributed by atoms with Crippen molar-refractivity contribution in [1.29, 1.82) is 0 Å². The first kappa shape index (κ1) is 58.6. The second-order valence-electron chi connectivity index (χ2n) is 21.0. The summed E-state index contributed by atoms with van der Waals surface area (Å²) in [6, 6.07) is 64.7. The lowest BCUT2D eigenvalue weighted by molar-refractivity contribution is -0.124. The number of anilines is 1. The monoisotopic (exact) mass is 1150 g/mol. The molecule has 9 aromatic rings. The smallest absolute Gasteiger partial charge is 0.405 e. The van der Waals surface area contributed by atoms with Crippen LogP contribution in [0.25, 0.3) is 11.2 Å². The van der Waals surface area contributed by atoms with Gasteiger partial charge in [0.15, 0.2) is 28.3 Å². The number of carbonyl (C=O) groups is 1. The van der Waals surface area contributed by atoms with Crippen LogP contribution in [0.5, 0.6) is 11.5 Å². The number of benzene rings is 7. The summed E-state index contributed by atoms with van der Waals surface area (Å²) in [5, 5.41) is 30.5. The lowest BCUT2D eigenvalue weighted by Gasteiger charge is -2.38. The van der Waals surface area contributed by atoms with Gasteiger partial charge in [0.25, 0.3) is 0 Å². The van der Waals surface area contributed by atoms with Crippen LogP contribution in [0.2, 0.25) is 0 Å². The molecule has 0 saturated carbocycles. The van der Waals surface area contributed by atoms with Crippen molar-refractivity contribution in [3.05, 3.63) is 252 Å². The number of methoxy groups -OCH3 is 2. The average Bonchev–Trinajstić information content (AvgIpc) is 2.99. The SMILES string of the molecule is COc1ccc(C(Nc2ncnc3c2ncn3[C@@H]2O[C@H](COP(=O)(NCc3ccccc3)OCCSC(=O)C(C)(C)COC(c3ccccc3)(c3ccccc3)c3ccccc3)C(O)[C@]2(C)O)(c2ccccc2)c2ccc(OC)cc2)cc1. The van der Waals surface area contributed by atoms with E-state index in [1.165, 1.54) is 24.1 Å². The standard InChI is InChI=1S/C65H67N6O10PS/c1-62(2,43-78-65(50-25-15-8-16-26-50,51-27-17-9-18-28-51)52-29-19-10-20-30-52)61(73)83-40-39-79-82(75,69-41-46-21-11-6-12-22-46)80-42-55-57(72)63(3,74)60(81-55)71-45-68-56-58(66-44-67-59(56)71)70-64(47-23-13-7-14-24-47,48-31-35-53(76-4)36-32-48)49-33-37-54(77-5)38-34-49/h6-38,44-45,55,57,60,72,74H,39-43H2,1-5H3,(H,69,75)(H,66,67,70)/t55-,57?,60-,63+,82?/m1/s1. The molecule has 1 fully saturated rings. The molecule has 0 aliphatic carbocycles. The van der Waals surface area contributed by atoms with Crippen LogP contribution < -0.4 is 19.9 Å². The molecule has 428 valence electrons. The number of fused-ring (bicyclic) bond motifs is 1. The van der Waals surface area contributed by atoms with Gasteiger partial charge in [0.2, 0.25) is 0 Å². The van der Waals surface area contributed by atoms with Crippen molar-refractivity contribution in [2.45, 2.75) is 62.5 Å². The van der Waals surface area contributed by atoms with E-state index >= 15 is 0 Å². The Bertz CT molecular complexity index is 3460. The molecule has 83 heavy (non-hydrogen) atoms. The highest BCUT2D eigenvalue weighted by atomic mass is 32.2. The summed E-state index contributed by atoms with van der Waals surface area (Å²) in [7, 11) is -0.971. The number of aliphatic hydroxyl groups is 2. The van der Waals surface area contributed by atoms with E-state index < -0.39 is 54.9 Å². The minimum atomic E-state index is -4.21. The third-order valence-corrected chi connectivity index (χ3v) is 17.7. The quantitative estimate of drug-likeness (QED) is 0.0239. The van der Waals surface area contributed by atoms with E-state index in [1.54, 1.807) is 14.2 Å². The van der Waals surface area contributed by atoms with E-state index in [0.717, 1.165) is 50.7 Å². The Morgan fingerprint density at radius 3 is 1.70 bits per heavy atom. The summed E-state index contributed by atoms with van der Waals surface area (Å²) in [5.74, 6) is 1.85. The zero-order valence-corrected chi connectivity index (χ0v) is 48.5. The molecule has 1 aliphatic heterocycles. The number of nitrogens with zero attached hydrogens (tertiary/aromatic N) is 4. The molecule has 5 atom stereocenters. The first-order chi connectivity index (χ1) is 40.2. The number of hydrogen-bond acceptors (Lipinski definition) is 15. The largest absolute Gasteiger partial charge is 0.497 e. The third-order valence-electron chi connectivity index (χ3n) is 15.0. The molecule has 0 spiro atoms. The fourth-order valence-electron chi connectivity index (χ4n) is 10.4. The number of carbonyl (C=O) groups excluding carboxylic acids is 1. The minimum absolute atomic E-state index is 0.0666. The maximum atomic E-state index is 14.8. The summed E-state index contributed by atoms with van der Waals surface area (Å²) < 4.78 is 53.0. The molecule has 7 aromatic carbocycles. The van der Waals surface area contributed by atoms with Crippen molar-refractivity contribution in [2.75, 3.05) is 45.1 Å². The van der Waals surface area contributed by atoms with Crippen molar-refractivity contribution in [3.8, 4) is 11.5 Å². The maximum absolute atomic E-state index is 14.8. The summed E-state index contributed by atoms with van der Waals surface area (Å²) in [4.78, 5) is 28.3. The van der Waals surface area contributed by atoms with Crippen molar-refractivity contribution in [1.82, 2.24) is 24.6 Å². The summed E-state index contributed by atoms with van der Waals surface area (Å²) >= 11 is 1.04. The Labute approximate surface area is 487 Å². The number of aliphatic hydroxyl groups excluding tert-OH is 1. The van der Waals surface area contributed by atoms with Crippen LogP contribution in [-0.2, 0) is 45.6 Å². The van der Waals surface area contributed by atoms with E-state index in [4.69, 9.17) is 38.0 Å². The molecule has 1 aliphatic rings. The zero-order valence-electron chi connectivity index (χ0n) is 46.8. The summed E-state index contributed by atoms with van der Waals surface area (Å²) in [5.41, 5.74) is 1.79. The van der Waals surface area contributed by atoms with Crippen LogP contribution in [0.1, 0.15) is 65.9 Å². The Hall–Kier alpha value is -7.54. The van der Waals surface area contributed by atoms with Gasteiger partial charge in [0.1, 0.15) is 46.8 Å². The second kappa shape index (κ2) is 25.5. The molecular formula is C65H67N6O10PS. The lowest BCUT2D eigenvalue weighted by Crippen LogP contribution is -2.44. The average molecular weight is 1160 g/mol. The number of thioether (sulfide) groups is 1. The van der Waals surface area contributed by atoms with Gasteiger partial charge in [-0.05, 0) is 84.0 Å². The van der Waals surface area contributed by atoms with Crippen molar-refractivity contribution < 1.29 is 47.6 Å². The van der Waals surface area contributed by atoms with Crippen LogP contribution in [-0.4, -0.2) is 92.4 Å². The fraction of sp³-hybridized carbons (Fsp3) is 0.262. The Kier molecular flexibility index (Phi) is 18.0. The molecule has 4 N–H and O–H groups in total. The van der Waals surface area contributed by atoms with Crippen LogP contribution in [0.3, 0.4) is 0 Å². The van der Waals surface area contributed by atoms with E-state index in [2.05, 4.69) is 15.4 Å². The molecule has 0 amide bonds. The molecule has 10 rings (SSSR count). The van der Waals surface area contributed by atoms with E-state index in [-0.39, 0.29) is 36.3 Å². The van der Waals surface area contributed by atoms with Gasteiger partial charge in [-0.3, -0.25) is 18.4 Å². The molecule has 16 nitrogen and oxygen atoms in total. The van der Waals surface area contributed by atoms with Crippen LogP contribution in [0, 0.1) is 5.41 Å². The molecule has 18 heteroatoms. The van der Waals surface area contributed by atoms with Gasteiger partial charge in [-0.15, -0.1) is 0 Å². The fourth-order valence-corrected chi connectivity index (χ4v) is 12.7. The highest BCUT2D eigenvalue weighted by molar-refractivity contribution is 8.13. The van der Waals surface area contributed by atoms with Gasteiger partial charge < -0.3 is 34.5 Å². The third kappa shape index (κ3) is 12.4. The topological polar surface area (TPSA) is 198 Å². The molecule has 2 aromatic heterocycles. The highest BCUT2D eigenvalue weighted by Crippen LogP contribution is 2.48. The molecule has 0 bridgehead atoms. The molecule has 0 radical (unpaired) electrons. The number of nitrogens with one attached hydrogen (secondary N) is 2. The molecule has 1 saturated heterocycles. The van der Waals surface area contributed by atoms with Crippen molar-refractivity contribution in [3.63, 3.8) is 0 Å². The number of rotatable bonds is 25. The van der Waals surface area contributed by atoms with Crippen LogP contribution in [0.4, 0.5) is 5.82 Å². The van der Waals surface area contributed by atoms with Gasteiger partial charge >= 0.3 is 7.75 Å². The van der Waals surface area contributed by atoms with Gasteiger partial charge in [-0.2, -0.15) is 0 Å². The minimum Gasteiger partial charge on any atom is -0.497 e. The number of aromatic nitrogens is 4. The van der Waals surface area contributed by atoms with Crippen molar-refractivity contribution in [2.24, 2.45) is 5.41 Å². The number of ether oxygens (including phenoxy) is 4. The van der Waals surface area contributed by atoms with Gasteiger partial charge in [-0.25, -0.2) is 24.6 Å². The summed E-state index contributed by atoms with van der Waals surface area (Å²) in [6.45, 7) is 4.69. The zero-order chi connectivity index (χ0) is 58.1. The molecule has 3 heterocycles. The highest BCUT2D eigenvalue weighted by Gasteiger charge is 2.54. The maximum Gasteiger partial charge on any atom is 0.405 e. The van der Waals surface area contributed by atoms with Crippen LogP contribution in [0.15, 0.2) is 213 Å². The van der Waals surface area contributed by atoms with Crippen molar-refractivity contribution >= 4 is 41.6 Å². The number of hydrogen-bond donors (Lipinski definition) is 4. The molecule has 2 unspecified atom stereocenters. The van der Waals surface area contributed by atoms with E-state index in [9.17, 15) is 19.6 Å². The predicted octanol–water partition coefficient (Wildman–Crippen LogP) is 11.5.